The summed E-state index contributed by atoms with van der Waals surface area (Å²) in [6, 6.07) is 10.2. The Morgan fingerprint density at radius 3 is 2.65 bits per heavy atom. The third kappa shape index (κ3) is 3.93. The average Bonchev–Trinajstić information content (AvgIpc) is 3.27. The van der Waals surface area contributed by atoms with Gasteiger partial charge in [-0.3, -0.25) is 9.10 Å². The van der Waals surface area contributed by atoms with E-state index in [9.17, 15) is 17.6 Å². The second-order valence-electron chi connectivity index (χ2n) is 7.78. The Kier molecular flexibility index (Phi) is 5.30. The van der Waals surface area contributed by atoms with Gasteiger partial charge in [-0.15, -0.1) is 0 Å². The standard InChI is InChI=1S/C22H23FN4O3S/c1-14-12-16-13-15(8-9-19(16)27(14)31(3,29)30)22(28)25-20(21-24-10-11-26(21)2)17-6-4-5-7-18(17)23/h4-11,13-14,20H,12H2,1-3H3,(H,25,28)/t14-,20+/m0/s1. The molecule has 1 aromatic heterocycles. The van der Waals surface area contributed by atoms with Crippen LogP contribution in [0.4, 0.5) is 10.1 Å². The van der Waals surface area contributed by atoms with E-state index in [0.717, 1.165) is 5.56 Å². The van der Waals surface area contributed by atoms with Gasteiger partial charge in [-0.05, 0) is 43.2 Å². The number of nitrogens with zero attached hydrogens (tertiary/aromatic N) is 3. The minimum Gasteiger partial charge on any atom is -0.338 e. The lowest BCUT2D eigenvalue weighted by molar-refractivity contribution is 0.0940. The maximum Gasteiger partial charge on any atom is 0.252 e. The van der Waals surface area contributed by atoms with E-state index in [2.05, 4.69) is 10.3 Å². The van der Waals surface area contributed by atoms with E-state index in [1.165, 1.54) is 16.6 Å². The number of aryl methyl sites for hydroxylation is 1. The molecule has 0 fully saturated rings. The fraction of sp³-hybridized carbons (Fsp3) is 0.273. The van der Waals surface area contributed by atoms with Crippen molar-refractivity contribution in [1.82, 2.24) is 14.9 Å². The van der Waals surface area contributed by atoms with Gasteiger partial charge in [-0.2, -0.15) is 0 Å². The number of rotatable bonds is 5. The summed E-state index contributed by atoms with van der Waals surface area (Å²) in [6.07, 6.45) is 5.00. The number of hydrogen-bond donors (Lipinski definition) is 1. The number of carbonyl (C=O) groups is 1. The van der Waals surface area contributed by atoms with E-state index in [-0.39, 0.29) is 6.04 Å². The van der Waals surface area contributed by atoms with Gasteiger partial charge >= 0.3 is 0 Å². The van der Waals surface area contributed by atoms with Crippen molar-refractivity contribution in [2.75, 3.05) is 10.6 Å². The Labute approximate surface area is 180 Å². The molecule has 7 nitrogen and oxygen atoms in total. The predicted octanol–water partition coefficient (Wildman–Crippen LogP) is 2.79. The van der Waals surface area contributed by atoms with Crippen molar-refractivity contribution >= 4 is 21.6 Å². The first-order valence-corrected chi connectivity index (χ1v) is 11.7. The van der Waals surface area contributed by atoms with E-state index < -0.39 is 27.8 Å². The fourth-order valence-corrected chi connectivity index (χ4v) is 5.37. The quantitative estimate of drug-likeness (QED) is 0.659. The van der Waals surface area contributed by atoms with Gasteiger partial charge < -0.3 is 9.88 Å². The molecule has 2 aromatic carbocycles. The molecule has 31 heavy (non-hydrogen) atoms. The molecule has 1 N–H and O–H groups in total. The number of fused-ring (bicyclic) bond motifs is 1. The summed E-state index contributed by atoms with van der Waals surface area (Å²) in [7, 11) is -1.64. The van der Waals surface area contributed by atoms with Crippen LogP contribution in [0.3, 0.4) is 0 Å². The Hall–Kier alpha value is -3.20. The molecule has 0 bridgehead atoms. The van der Waals surface area contributed by atoms with Crippen LogP contribution < -0.4 is 9.62 Å². The van der Waals surface area contributed by atoms with Crippen LogP contribution in [-0.2, 0) is 23.5 Å². The number of benzene rings is 2. The third-order valence-electron chi connectivity index (χ3n) is 5.46. The van der Waals surface area contributed by atoms with Crippen LogP contribution >= 0.6 is 0 Å². The zero-order chi connectivity index (χ0) is 22.3. The molecular formula is C22H23FN4O3S. The van der Waals surface area contributed by atoms with Crippen LogP contribution in [0, 0.1) is 5.82 Å². The summed E-state index contributed by atoms with van der Waals surface area (Å²) >= 11 is 0. The molecule has 162 valence electrons. The van der Waals surface area contributed by atoms with Gasteiger partial charge in [-0.1, -0.05) is 18.2 Å². The Bertz CT molecular complexity index is 1260. The van der Waals surface area contributed by atoms with Crippen molar-refractivity contribution in [3.63, 3.8) is 0 Å². The molecule has 9 heteroatoms. The summed E-state index contributed by atoms with van der Waals surface area (Å²) in [6.45, 7) is 1.83. The van der Waals surface area contributed by atoms with Crippen molar-refractivity contribution in [3.05, 3.63) is 83.2 Å². The highest BCUT2D eigenvalue weighted by Gasteiger charge is 2.33. The lowest BCUT2D eigenvalue weighted by atomic mass is 10.0. The normalized spacial score (nSPS) is 16.8. The highest BCUT2D eigenvalue weighted by molar-refractivity contribution is 7.92. The van der Waals surface area contributed by atoms with Crippen LogP contribution in [0.15, 0.2) is 54.9 Å². The topological polar surface area (TPSA) is 84.3 Å². The molecule has 4 rings (SSSR count). The predicted molar refractivity (Wildman–Crippen MR) is 116 cm³/mol. The molecule has 0 radical (unpaired) electrons. The van der Waals surface area contributed by atoms with Crippen molar-refractivity contribution < 1.29 is 17.6 Å². The highest BCUT2D eigenvalue weighted by Crippen LogP contribution is 2.35. The number of nitrogens with one attached hydrogen (secondary N) is 1. The zero-order valence-electron chi connectivity index (χ0n) is 17.4. The second kappa shape index (κ2) is 7.81. The monoisotopic (exact) mass is 442 g/mol. The summed E-state index contributed by atoms with van der Waals surface area (Å²) in [5.41, 5.74) is 2.05. The van der Waals surface area contributed by atoms with Crippen LogP contribution in [-0.4, -0.2) is 36.2 Å². The van der Waals surface area contributed by atoms with Gasteiger partial charge in [0.2, 0.25) is 10.0 Å². The van der Waals surface area contributed by atoms with Gasteiger partial charge in [0, 0.05) is 36.6 Å². The third-order valence-corrected chi connectivity index (χ3v) is 6.73. The number of halogens is 1. The largest absolute Gasteiger partial charge is 0.338 e. The molecule has 2 atom stereocenters. The van der Waals surface area contributed by atoms with Crippen LogP contribution in [0.2, 0.25) is 0 Å². The molecule has 0 unspecified atom stereocenters. The maximum absolute atomic E-state index is 14.5. The SMILES string of the molecule is C[C@H]1Cc2cc(C(=O)N[C@H](c3ccccc3F)c3nccn3C)ccc2N1S(C)(=O)=O. The maximum atomic E-state index is 14.5. The molecule has 1 amide bonds. The van der Waals surface area contributed by atoms with Crippen molar-refractivity contribution in [2.24, 2.45) is 7.05 Å². The first kappa shape index (κ1) is 21.0. The van der Waals surface area contributed by atoms with Crippen LogP contribution in [0.25, 0.3) is 0 Å². The first-order chi connectivity index (χ1) is 14.7. The van der Waals surface area contributed by atoms with E-state index >= 15 is 0 Å². The van der Waals surface area contributed by atoms with E-state index in [1.807, 2.05) is 6.92 Å². The Morgan fingerprint density at radius 1 is 1.26 bits per heavy atom. The van der Waals surface area contributed by atoms with Gasteiger partial charge in [0.1, 0.15) is 17.7 Å². The van der Waals surface area contributed by atoms with E-state index in [4.69, 9.17) is 0 Å². The number of aromatic nitrogens is 2. The van der Waals surface area contributed by atoms with Gasteiger partial charge in [0.15, 0.2) is 0 Å². The van der Waals surface area contributed by atoms with Crippen molar-refractivity contribution in [1.29, 1.82) is 0 Å². The molecule has 3 aromatic rings. The molecule has 0 saturated carbocycles. The number of hydrogen-bond acceptors (Lipinski definition) is 4. The van der Waals surface area contributed by atoms with Gasteiger partial charge in [-0.25, -0.2) is 17.8 Å². The van der Waals surface area contributed by atoms with E-state index in [0.29, 0.717) is 29.1 Å². The summed E-state index contributed by atoms with van der Waals surface area (Å²) < 4.78 is 41.9. The second-order valence-corrected chi connectivity index (χ2v) is 9.64. The number of anilines is 1. The summed E-state index contributed by atoms with van der Waals surface area (Å²) in [4.78, 5) is 17.4. The van der Waals surface area contributed by atoms with Gasteiger partial charge in [0.05, 0.1) is 11.9 Å². The average molecular weight is 443 g/mol. The van der Waals surface area contributed by atoms with E-state index in [1.54, 1.807) is 60.4 Å². The molecule has 1 aliphatic rings. The fourth-order valence-electron chi connectivity index (χ4n) is 4.11. The minimum absolute atomic E-state index is 0.220. The number of carbonyl (C=O) groups excluding carboxylic acids is 1. The molecule has 1 aliphatic heterocycles. The molecule has 2 heterocycles. The molecule has 0 saturated heterocycles. The van der Waals surface area contributed by atoms with Crippen molar-refractivity contribution in [3.8, 4) is 0 Å². The van der Waals surface area contributed by atoms with Crippen molar-refractivity contribution in [2.45, 2.75) is 25.4 Å². The first-order valence-electron chi connectivity index (χ1n) is 9.81. The molecule has 0 aliphatic carbocycles. The Morgan fingerprint density at radius 2 is 2.00 bits per heavy atom. The number of sulfonamides is 1. The zero-order valence-corrected chi connectivity index (χ0v) is 18.2. The van der Waals surface area contributed by atoms with Crippen LogP contribution in [0.5, 0.6) is 0 Å². The summed E-state index contributed by atoms with van der Waals surface area (Å²) in [5, 5.41) is 2.88. The van der Waals surface area contributed by atoms with Crippen LogP contribution in [0.1, 0.15) is 40.3 Å². The lowest BCUT2D eigenvalue weighted by Gasteiger charge is -2.22. The highest BCUT2D eigenvalue weighted by atomic mass is 32.2. The molecule has 0 spiro atoms. The smallest absolute Gasteiger partial charge is 0.252 e. The minimum atomic E-state index is -3.41. The Balaban J connectivity index is 1.67. The number of imidazole rings is 1. The summed E-state index contributed by atoms with van der Waals surface area (Å²) in [5.74, 6) is -0.344. The van der Waals surface area contributed by atoms with Gasteiger partial charge in [0.25, 0.3) is 5.91 Å². The lowest BCUT2D eigenvalue weighted by Crippen LogP contribution is -2.34. The number of amides is 1. The molecular weight excluding hydrogens is 419 g/mol.